The number of carbonyl (C=O) groups excluding carboxylic acids is 1. The third-order valence-corrected chi connectivity index (χ3v) is 6.59. The van der Waals surface area contributed by atoms with Crippen molar-refractivity contribution in [1.82, 2.24) is 4.90 Å². The van der Waals surface area contributed by atoms with Gasteiger partial charge >= 0.3 is 0 Å². The van der Waals surface area contributed by atoms with E-state index in [9.17, 15) is 13.2 Å². The molecule has 1 fully saturated rings. The summed E-state index contributed by atoms with van der Waals surface area (Å²) >= 11 is 0. The Hall–Kier alpha value is -1.20. The maximum atomic E-state index is 12.3. The molecule has 1 aliphatic rings. The van der Waals surface area contributed by atoms with Crippen LogP contribution in [0.1, 0.15) is 43.5 Å². The van der Waals surface area contributed by atoms with Crippen LogP contribution in [-0.2, 0) is 9.84 Å². The van der Waals surface area contributed by atoms with Crippen molar-refractivity contribution in [2.45, 2.75) is 44.4 Å². The number of likely N-dealkylation sites (tertiary alicyclic amines) is 1. The molecule has 0 N–H and O–H groups in total. The molecule has 1 heterocycles. The summed E-state index contributed by atoms with van der Waals surface area (Å²) in [4.78, 5) is 14.5. The molecule has 2 rings (SSSR count). The lowest BCUT2D eigenvalue weighted by Crippen LogP contribution is -2.36. The summed E-state index contributed by atoms with van der Waals surface area (Å²) in [5, 5.41) is -0.334. The second-order valence-corrected chi connectivity index (χ2v) is 8.92. The first-order chi connectivity index (χ1) is 10.4. The van der Waals surface area contributed by atoms with Crippen LogP contribution in [0.2, 0.25) is 0 Å². The molecule has 4 nitrogen and oxygen atoms in total. The van der Waals surface area contributed by atoms with E-state index in [1.54, 1.807) is 13.8 Å². The summed E-state index contributed by atoms with van der Waals surface area (Å²) in [6.07, 6.45) is 2.49. The Balaban J connectivity index is 1.92. The maximum Gasteiger partial charge on any atom is 0.164 e. The summed E-state index contributed by atoms with van der Waals surface area (Å²) in [7, 11) is -3.02. The van der Waals surface area contributed by atoms with Crippen molar-refractivity contribution < 1.29 is 13.2 Å². The third kappa shape index (κ3) is 4.40. The highest BCUT2D eigenvalue weighted by molar-refractivity contribution is 7.92. The number of benzene rings is 1. The number of rotatable bonds is 7. The second-order valence-electron chi connectivity index (χ2n) is 6.24. The number of hydrogen-bond donors (Lipinski definition) is 0. The van der Waals surface area contributed by atoms with Crippen LogP contribution in [0.25, 0.3) is 0 Å². The lowest BCUT2D eigenvalue weighted by Gasteiger charge is -2.24. The van der Waals surface area contributed by atoms with E-state index in [4.69, 9.17) is 0 Å². The van der Waals surface area contributed by atoms with Gasteiger partial charge in [0, 0.05) is 24.6 Å². The molecule has 0 radical (unpaired) electrons. The lowest BCUT2D eigenvalue weighted by atomic mass is 10.0. The fourth-order valence-electron chi connectivity index (χ4n) is 2.86. The van der Waals surface area contributed by atoms with Gasteiger partial charge in [-0.15, -0.1) is 0 Å². The number of sulfone groups is 1. The first kappa shape index (κ1) is 17.2. The zero-order valence-electron chi connectivity index (χ0n) is 13.4. The number of Topliss-reactive ketones (excluding diaryl/α,β-unsaturated/α-hetero) is 1. The summed E-state index contributed by atoms with van der Waals surface area (Å²) in [6, 6.07) is 9.49. The van der Waals surface area contributed by atoms with Crippen LogP contribution in [0.5, 0.6) is 0 Å². The zero-order valence-corrected chi connectivity index (χ0v) is 14.2. The second kappa shape index (κ2) is 7.38. The van der Waals surface area contributed by atoms with E-state index in [2.05, 4.69) is 4.90 Å². The number of ketones is 1. The monoisotopic (exact) mass is 323 g/mol. The van der Waals surface area contributed by atoms with Gasteiger partial charge in [0.15, 0.2) is 15.6 Å². The van der Waals surface area contributed by atoms with Crippen molar-refractivity contribution in [3.8, 4) is 0 Å². The Kier molecular flexibility index (Phi) is 5.75. The third-order valence-electron chi connectivity index (χ3n) is 4.40. The molecule has 0 spiro atoms. The largest absolute Gasteiger partial charge is 0.299 e. The van der Waals surface area contributed by atoms with Crippen molar-refractivity contribution in [3.63, 3.8) is 0 Å². The smallest absolute Gasteiger partial charge is 0.164 e. The Morgan fingerprint density at radius 3 is 2.59 bits per heavy atom. The molecule has 0 aromatic heterocycles. The minimum absolute atomic E-state index is 0.143. The fourth-order valence-corrected chi connectivity index (χ4v) is 3.82. The van der Waals surface area contributed by atoms with E-state index in [-0.39, 0.29) is 22.8 Å². The van der Waals surface area contributed by atoms with Gasteiger partial charge in [0.2, 0.25) is 0 Å². The molecule has 1 unspecified atom stereocenters. The minimum atomic E-state index is -3.02. The van der Waals surface area contributed by atoms with Crippen LogP contribution in [-0.4, -0.2) is 49.2 Å². The van der Waals surface area contributed by atoms with Gasteiger partial charge in [0.1, 0.15) is 0 Å². The minimum Gasteiger partial charge on any atom is -0.299 e. The standard InChI is InChI=1S/C17H25NO3S/c1-14(2)22(20,21)12-11-18-10-6-9-16(18)13-17(19)15-7-4-3-5-8-15/h3-5,7-8,14,16H,6,9-13H2,1-2H3. The van der Waals surface area contributed by atoms with Crippen LogP contribution in [0.3, 0.4) is 0 Å². The van der Waals surface area contributed by atoms with Gasteiger partial charge in [0.25, 0.3) is 0 Å². The van der Waals surface area contributed by atoms with Crippen LogP contribution in [0.15, 0.2) is 30.3 Å². The topological polar surface area (TPSA) is 54.5 Å². The number of carbonyl (C=O) groups is 1. The van der Waals surface area contributed by atoms with Gasteiger partial charge in [-0.25, -0.2) is 8.42 Å². The average molecular weight is 323 g/mol. The Morgan fingerprint density at radius 1 is 1.27 bits per heavy atom. The Labute approximate surface area is 133 Å². The summed E-state index contributed by atoms with van der Waals surface area (Å²) in [6.45, 7) is 4.86. The first-order valence-electron chi connectivity index (χ1n) is 7.94. The highest BCUT2D eigenvalue weighted by Crippen LogP contribution is 2.22. The number of hydrogen-bond acceptors (Lipinski definition) is 4. The van der Waals surface area contributed by atoms with Gasteiger partial charge in [-0.1, -0.05) is 30.3 Å². The van der Waals surface area contributed by atoms with Crippen LogP contribution in [0.4, 0.5) is 0 Å². The average Bonchev–Trinajstić information content (AvgIpc) is 2.93. The molecule has 0 amide bonds. The fraction of sp³-hybridized carbons (Fsp3) is 0.588. The molecule has 1 aliphatic heterocycles. The van der Waals surface area contributed by atoms with Crippen LogP contribution in [0, 0.1) is 0 Å². The van der Waals surface area contributed by atoms with Crippen molar-refractivity contribution >= 4 is 15.6 Å². The molecule has 0 aliphatic carbocycles. The van der Waals surface area contributed by atoms with Crippen LogP contribution >= 0.6 is 0 Å². The van der Waals surface area contributed by atoms with E-state index in [0.717, 1.165) is 24.9 Å². The molecule has 22 heavy (non-hydrogen) atoms. The van der Waals surface area contributed by atoms with E-state index in [1.807, 2.05) is 30.3 Å². The Bertz CT molecular complexity index is 596. The van der Waals surface area contributed by atoms with Gasteiger partial charge in [-0.2, -0.15) is 0 Å². The van der Waals surface area contributed by atoms with E-state index in [0.29, 0.717) is 13.0 Å². The molecule has 0 saturated carbocycles. The van der Waals surface area contributed by atoms with E-state index < -0.39 is 9.84 Å². The van der Waals surface area contributed by atoms with Gasteiger partial charge in [0.05, 0.1) is 11.0 Å². The molecule has 5 heteroatoms. The van der Waals surface area contributed by atoms with Crippen molar-refractivity contribution in [3.05, 3.63) is 35.9 Å². The quantitative estimate of drug-likeness (QED) is 0.724. The molecule has 1 saturated heterocycles. The molecular formula is C17H25NO3S. The van der Waals surface area contributed by atoms with E-state index in [1.165, 1.54) is 0 Å². The lowest BCUT2D eigenvalue weighted by molar-refractivity contribution is 0.0944. The normalized spacial score (nSPS) is 19.7. The highest BCUT2D eigenvalue weighted by atomic mass is 32.2. The summed E-state index contributed by atoms with van der Waals surface area (Å²) < 4.78 is 23.9. The molecule has 1 atom stereocenters. The zero-order chi connectivity index (χ0) is 16.2. The van der Waals surface area contributed by atoms with E-state index >= 15 is 0 Å². The van der Waals surface area contributed by atoms with Gasteiger partial charge in [-0.05, 0) is 33.2 Å². The summed E-state index contributed by atoms with van der Waals surface area (Å²) in [5.41, 5.74) is 0.740. The van der Waals surface area contributed by atoms with Gasteiger partial charge in [-0.3, -0.25) is 9.69 Å². The van der Waals surface area contributed by atoms with Crippen molar-refractivity contribution in [2.75, 3.05) is 18.8 Å². The SMILES string of the molecule is CC(C)S(=O)(=O)CCN1CCCC1CC(=O)c1ccccc1. The highest BCUT2D eigenvalue weighted by Gasteiger charge is 2.28. The van der Waals surface area contributed by atoms with Crippen molar-refractivity contribution in [1.29, 1.82) is 0 Å². The predicted molar refractivity (Wildman–Crippen MR) is 88.9 cm³/mol. The molecule has 122 valence electrons. The number of nitrogens with zero attached hydrogens (tertiary/aromatic N) is 1. The van der Waals surface area contributed by atoms with Crippen LogP contribution < -0.4 is 0 Å². The molecular weight excluding hydrogens is 298 g/mol. The molecule has 0 bridgehead atoms. The predicted octanol–water partition coefficient (Wildman–Crippen LogP) is 2.55. The molecule has 1 aromatic carbocycles. The molecule has 1 aromatic rings. The first-order valence-corrected chi connectivity index (χ1v) is 9.65. The van der Waals surface area contributed by atoms with Gasteiger partial charge < -0.3 is 0 Å². The van der Waals surface area contributed by atoms with Crippen molar-refractivity contribution in [2.24, 2.45) is 0 Å². The Morgan fingerprint density at radius 2 is 1.95 bits per heavy atom. The maximum absolute atomic E-state index is 12.3. The summed E-state index contributed by atoms with van der Waals surface area (Å²) in [5.74, 6) is 0.324.